The fourth-order valence-electron chi connectivity index (χ4n) is 2.72. The zero-order chi connectivity index (χ0) is 17.5. The van der Waals surface area contributed by atoms with Crippen LogP contribution in [0.1, 0.15) is 15.9 Å². The van der Waals surface area contributed by atoms with E-state index in [0.717, 1.165) is 9.87 Å². The number of carbonyl (C=O) groups excluding carboxylic acids is 1. The average molecular weight is 348 g/mol. The van der Waals surface area contributed by atoms with Gasteiger partial charge in [-0.1, -0.05) is 18.2 Å². The first-order valence-electron chi connectivity index (χ1n) is 7.44. The SMILES string of the molecule is CN(C)S(=O)(=O)c1ccc2c(c1)N(C(=O)c1ccccc1F)CC2. The molecular weight excluding hydrogens is 331 g/mol. The third-order valence-electron chi connectivity index (χ3n) is 4.08. The average Bonchev–Trinajstić information content (AvgIpc) is 2.97. The van der Waals surface area contributed by atoms with E-state index in [1.165, 1.54) is 49.3 Å². The van der Waals surface area contributed by atoms with Gasteiger partial charge in [-0.15, -0.1) is 0 Å². The molecule has 0 N–H and O–H groups in total. The van der Waals surface area contributed by atoms with Gasteiger partial charge >= 0.3 is 0 Å². The number of hydrogen-bond acceptors (Lipinski definition) is 3. The van der Waals surface area contributed by atoms with E-state index in [1.54, 1.807) is 12.1 Å². The van der Waals surface area contributed by atoms with Crippen LogP contribution in [0.15, 0.2) is 47.4 Å². The highest BCUT2D eigenvalue weighted by molar-refractivity contribution is 7.89. The predicted octanol–water partition coefficient (Wildman–Crippen LogP) is 2.28. The number of sulfonamides is 1. The Morgan fingerprint density at radius 3 is 2.54 bits per heavy atom. The fraction of sp³-hybridized carbons (Fsp3) is 0.235. The third-order valence-corrected chi connectivity index (χ3v) is 5.89. The molecule has 0 spiro atoms. The fourth-order valence-corrected chi connectivity index (χ4v) is 3.64. The van der Waals surface area contributed by atoms with Gasteiger partial charge in [0.25, 0.3) is 5.91 Å². The summed E-state index contributed by atoms with van der Waals surface area (Å²) in [6.07, 6.45) is 0.609. The summed E-state index contributed by atoms with van der Waals surface area (Å²) < 4.78 is 39.6. The maximum absolute atomic E-state index is 13.9. The van der Waals surface area contributed by atoms with Crippen molar-refractivity contribution >= 4 is 21.6 Å². The van der Waals surface area contributed by atoms with Crippen molar-refractivity contribution < 1.29 is 17.6 Å². The van der Waals surface area contributed by atoms with E-state index in [-0.39, 0.29) is 10.5 Å². The molecule has 5 nitrogen and oxygen atoms in total. The standard InChI is InChI=1S/C17H17FN2O3S/c1-19(2)24(22,23)13-8-7-12-9-10-20(16(12)11-13)17(21)14-5-3-4-6-15(14)18/h3-8,11H,9-10H2,1-2H3. The lowest BCUT2D eigenvalue weighted by molar-refractivity contribution is 0.0985. The van der Waals surface area contributed by atoms with E-state index in [1.807, 2.05) is 0 Å². The van der Waals surface area contributed by atoms with Crippen molar-refractivity contribution in [2.24, 2.45) is 0 Å². The van der Waals surface area contributed by atoms with Crippen molar-refractivity contribution in [3.05, 3.63) is 59.4 Å². The monoisotopic (exact) mass is 348 g/mol. The summed E-state index contributed by atoms with van der Waals surface area (Å²) >= 11 is 0. The molecule has 2 aromatic carbocycles. The molecule has 0 aromatic heterocycles. The number of halogens is 1. The van der Waals surface area contributed by atoms with Crippen molar-refractivity contribution in [3.63, 3.8) is 0 Å². The number of fused-ring (bicyclic) bond motifs is 1. The molecule has 7 heteroatoms. The molecule has 1 aliphatic rings. The molecular formula is C17H17FN2O3S. The van der Waals surface area contributed by atoms with E-state index >= 15 is 0 Å². The quantitative estimate of drug-likeness (QED) is 0.855. The molecule has 0 aliphatic carbocycles. The van der Waals surface area contributed by atoms with E-state index in [0.29, 0.717) is 18.7 Å². The van der Waals surface area contributed by atoms with Crippen molar-refractivity contribution in [2.45, 2.75) is 11.3 Å². The van der Waals surface area contributed by atoms with Gasteiger partial charge in [0, 0.05) is 26.3 Å². The van der Waals surface area contributed by atoms with Gasteiger partial charge in [0.1, 0.15) is 5.82 Å². The van der Waals surface area contributed by atoms with Crippen molar-refractivity contribution in [2.75, 3.05) is 25.5 Å². The van der Waals surface area contributed by atoms with Crippen molar-refractivity contribution in [3.8, 4) is 0 Å². The Labute approximate surface area is 140 Å². The van der Waals surface area contributed by atoms with Crippen LogP contribution in [-0.4, -0.2) is 39.3 Å². The normalized spacial score (nSPS) is 14.1. The summed E-state index contributed by atoms with van der Waals surface area (Å²) in [6.45, 7) is 0.397. The van der Waals surface area contributed by atoms with Gasteiger partial charge in [-0.05, 0) is 36.2 Å². The minimum Gasteiger partial charge on any atom is -0.308 e. The topological polar surface area (TPSA) is 57.7 Å². The second-order valence-corrected chi connectivity index (χ2v) is 7.92. The molecule has 0 saturated heterocycles. The lowest BCUT2D eigenvalue weighted by atomic mass is 10.1. The van der Waals surface area contributed by atoms with Crippen LogP contribution in [0, 0.1) is 5.82 Å². The summed E-state index contributed by atoms with van der Waals surface area (Å²) in [5, 5.41) is 0. The molecule has 1 heterocycles. The lowest BCUT2D eigenvalue weighted by Crippen LogP contribution is -2.30. The Morgan fingerprint density at radius 1 is 1.17 bits per heavy atom. The van der Waals surface area contributed by atoms with Gasteiger partial charge in [0.15, 0.2) is 0 Å². The number of nitrogens with zero attached hydrogens (tertiary/aromatic N) is 2. The number of amides is 1. The molecule has 0 saturated carbocycles. The first-order chi connectivity index (χ1) is 11.3. The van der Waals surface area contributed by atoms with Gasteiger partial charge in [-0.3, -0.25) is 4.79 Å². The molecule has 24 heavy (non-hydrogen) atoms. The Hall–Kier alpha value is -2.25. The van der Waals surface area contributed by atoms with Gasteiger partial charge in [-0.25, -0.2) is 17.1 Å². The summed E-state index contributed by atoms with van der Waals surface area (Å²) in [6, 6.07) is 10.5. The molecule has 1 amide bonds. The molecule has 0 unspecified atom stereocenters. The molecule has 0 atom stereocenters. The zero-order valence-corrected chi connectivity index (χ0v) is 14.2. The first-order valence-corrected chi connectivity index (χ1v) is 8.88. The maximum atomic E-state index is 13.9. The van der Waals surface area contributed by atoms with Crippen LogP contribution in [0.3, 0.4) is 0 Å². The highest BCUT2D eigenvalue weighted by Gasteiger charge is 2.29. The van der Waals surface area contributed by atoms with Gasteiger partial charge in [0.2, 0.25) is 10.0 Å². The van der Waals surface area contributed by atoms with E-state index in [2.05, 4.69) is 0 Å². The summed E-state index contributed by atoms with van der Waals surface area (Å²) in [7, 11) is -0.701. The van der Waals surface area contributed by atoms with Crippen LogP contribution in [0.5, 0.6) is 0 Å². The van der Waals surface area contributed by atoms with Gasteiger partial charge in [0.05, 0.1) is 10.5 Å². The van der Waals surface area contributed by atoms with E-state index < -0.39 is 21.7 Å². The molecule has 1 aliphatic heterocycles. The number of hydrogen-bond donors (Lipinski definition) is 0. The maximum Gasteiger partial charge on any atom is 0.261 e. The van der Waals surface area contributed by atoms with E-state index in [9.17, 15) is 17.6 Å². The summed E-state index contributed by atoms with van der Waals surface area (Å²) in [5.74, 6) is -1.06. The Kier molecular flexibility index (Phi) is 4.15. The summed E-state index contributed by atoms with van der Waals surface area (Å²) in [4.78, 5) is 14.2. The highest BCUT2D eigenvalue weighted by Crippen LogP contribution is 2.32. The van der Waals surface area contributed by atoms with Crippen molar-refractivity contribution in [1.29, 1.82) is 0 Å². The Bertz CT molecular complexity index is 910. The Morgan fingerprint density at radius 2 is 1.88 bits per heavy atom. The highest BCUT2D eigenvalue weighted by atomic mass is 32.2. The van der Waals surface area contributed by atoms with Crippen LogP contribution < -0.4 is 4.90 Å². The number of rotatable bonds is 3. The first kappa shape index (κ1) is 16.6. The second-order valence-electron chi connectivity index (χ2n) is 5.76. The van der Waals surface area contributed by atoms with E-state index in [4.69, 9.17) is 0 Å². The summed E-state index contributed by atoms with van der Waals surface area (Å²) in [5.41, 5.74) is 1.37. The molecule has 0 radical (unpaired) electrons. The van der Waals surface area contributed by atoms with Crippen LogP contribution >= 0.6 is 0 Å². The number of carbonyl (C=O) groups is 1. The van der Waals surface area contributed by atoms with Crippen LogP contribution in [-0.2, 0) is 16.4 Å². The lowest BCUT2D eigenvalue weighted by Gasteiger charge is -2.19. The minimum atomic E-state index is -3.60. The molecule has 126 valence electrons. The van der Waals surface area contributed by atoms with Crippen LogP contribution in [0.4, 0.5) is 10.1 Å². The number of anilines is 1. The van der Waals surface area contributed by atoms with Gasteiger partial charge < -0.3 is 4.90 Å². The molecule has 3 rings (SSSR count). The molecule has 2 aromatic rings. The molecule has 0 fully saturated rings. The number of benzene rings is 2. The van der Waals surface area contributed by atoms with Crippen LogP contribution in [0.2, 0.25) is 0 Å². The third kappa shape index (κ3) is 2.70. The molecule has 0 bridgehead atoms. The second kappa shape index (κ2) is 5.99. The zero-order valence-electron chi connectivity index (χ0n) is 13.4. The smallest absolute Gasteiger partial charge is 0.261 e. The van der Waals surface area contributed by atoms with Gasteiger partial charge in [-0.2, -0.15) is 0 Å². The minimum absolute atomic E-state index is 0.0220. The van der Waals surface area contributed by atoms with Crippen LogP contribution in [0.25, 0.3) is 0 Å². The largest absolute Gasteiger partial charge is 0.308 e. The Balaban J connectivity index is 2.03. The van der Waals surface area contributed by atoms with Crippen molar-refractivity contribution in [1.82, 2.24) is 4.31 Å². The predicted molar refractivity (Wildman–Crippen MR) is 89.1 cm³/mol.